The van der Waals surface area contributed by atoms with Gasteiger partial charge in [0.15, 0.2) is 0 Å². The SMILES string of the molecule is C[C@H](C=O)N1[C@@H]2CC[C@H]1COC2. The van der Waals surface area contributed by atoms with Gasteiger partial charge in [0.25, 0.3) is 0 Å². The Morgan fingerprint density at radius 3 is 2.50 bits per heavy atom. The molecule has 0 aromatic heterocycles. The molecule has 2 rings (SSSR count). The van der Waals surface area contributed by atoms with E-state index in [0.29, 0.717) is 12.1 Å². The van der Waals surface area contributed by atoms with E-state index in [0.717, 1.165) is 19.5 Å². The van der Waals surface area contributed by atoms with Gasteiger partial charge in [-0.15, -0.1) is 0 Å². The van der Waals surface area contributed by atoms with E-state index < -0.39 is 0 Å². The lowest BCUT2D eigenvalue weighted by Crippen LogP contribution is -2.50. The van der Waals surface area contributed by atoms with Crippen molar-refractivity contribution in [1.82, 2.24) is 4.90 Å². The molecule has 0 aromatic carbocycles. The summed E-state index contributed by atoms with van der Waals surface area (Å²) >= 11 is 0. The fourth-order valence-corrected chi connectivity index (χ4v) is 2.40. The minimum Gasteiger partial charge on any atom is -0.378 e. The van der Waals surface area contributed by atoms with E-state index in [9.17, 15) is 4.79 Å². The first kappa shape index (κ1) is 8.20. The van der Waals surface area contributed by atoms with Gasteiger partial charge in [0.05, 0.1) is 19.3 Å². The predicted molar refractivity (Wildman–Crippen MR) is 45.0 cm³/mol. The Labute approximate surface area is 72.7 Å². The van der Waals surface area contributed by atoms with Crippen LogP contribution in [0.3, 0.4) is 0 Å². The highest BCUT2D eigenvalue weighted by Crippen LogP contribution is 2.29. The maximum atomic E-state index is 10.6. The third-order valence-corrected chi connectivity index (χ3v) is 2.96. The van der Waals surface area contributed by atoms with E-state index in [-0.39, 0.29) is 6.04 Å². The molecule has 0 unspecified atom stereocenters. The average Bonchev–Trinajstić information content (AvgIpc) is 2.35. The van der Waals surface area contributed by atoms with E-state index in [2.05, 4.69) is 4.90 Å². The van der Waals surface area contributed by atoms with Crippen LogP contribution >= 0.6 is 0 Å². The van der Waals surface area contributed by atoms with Crippen molar-refractivity contribution in [3.8, 4) is 0 Å². The Morgan fingerprint density at radius 2 is 2.00 bits per heavy atom. The summed E-state index contributed by atoms with van der Waals surface area (Å²) in [6.45, 7) is 3.60. The lowest BCUT2D eigenvalue weighted by Gasteiger charge is -2.36. The van der Waals surface area contributed by atoms with Crippen LogP contribution in [0.1, 0.15) is 19.8 Å². The van der Waals surface area contributed by atoms with Crippen LogP contribution in [0.4, 0.5) is 0 Å². The van der Waals surface area contributed by atoms with Gasteiger partial charge < -0.3 is 9.53 Å². The molecule has 12 heavy (non-hydrogen) atoms. The second-order valence-electron chi connectivity index (χ2n) is 3.75. The zero-order valence-electron chi connectivity index (χ0n) is 7.40. The summed E-state index contributed by atoms with van der Waals surface area (Å²) in [7, 11) is 0. The molecule has 2 heterocycles. The number of nitrogens with zero attached hydrogens (tertiary/aromatic N) is 1. The zero-order valence-corrected chi connectivity index (χ0v) is 7.40. The topological polar surface area (TPSA) is 29.5 Å². The van der Waals surface area contributed by atoms with Gasteiger partial charge in [-0.1, -0.05) is 0 Å². The Balaban J connectivity index is 2.09. The molecule has 0 aliphatic carbocycles. The van der Waals surface area contributed by atoms with Crippen LogP contribution in [0, 0.1) is 0 Å². The van der Waals surface area contributed by atoms with E-state index in [1.807, 2.05) is 6.92 Å². The number of rotatable bonds is 2. The van der Waals surface area contributed by atoms with Crippen molar-refractivity contribution in [2.24, 2.45) is 0 Å². The maximum absolute atomic E-state index is 10.6. The number of carbonyl (C=O) groups is 1. The third kappa shape index (κ3) is 1.17. The van der Waals surface area contributed by atoms with Gasteiger partial charge in [-0.05, 0) is 19.8 Å². The van der Waals surface area contributed by atoms with Crippen LogP contribution in [0.5, 0.6) is 0 Å². The lowest BCUT2D eigenvalue weighted by molar-refractivity contribution is -0.116. The molecule has 0 spiro atoms. The zero-order chi connectivity index (χ0) is 8.55. The van der Waals surface area contributed by atoms with Crippen LogP contribution in [0.2, 0.25) is 0 Å². The highest BCUT2D eigenvalue weighted by Gasteiger charge is 2.39. The molecule has 2 aliphatic heterocycles. The van der Waals surface area contributed by atoms with Crippen LogP contribution in [0.25, 0.3) is 0 Å². The van der Waals surface area contributed by atoms with Crippen molar-refractivity contribution in [1.29, 1.82) is 0 Å². The number of aldehydes is 1. The summed E-state index contributed by atoms with van der Waals surface area (Å²) in [5.41, 5.74) is 0. The average molecular weight is 169 g/mol. The molecule has 2 bridgehead atoms. The summed E-state index contributed by atoms with van der Waals surface area (Å²) in [6, 6.07) is 1.08. The molecule has 3 nitrogen and oxygen atoms in total. The van der Waals surface area contributed by atoms with E-state index in [4.69, 9.17) is 4.74 Å². The largest absolute Gasteiger partial charge is 0.378 e. The number of hydrogen-bond acceptors (Lipinski definition) is 3. The fraction of sp³-hybridized carbons (Fsp3) is 0.889. The van der Waals surface area contributed by atoms with Gasteiger partial charge in [0.2, 0.25) is 0 Å². The second kappa shape index (κ2) is 3.15. The molecule has 0 radical (unpaired) electrons. The highest BCUT2D eigenvalue weighted by atomic mass is 16.5. The molecule has 3 atom stereocenters. The molecule has 0 saturated carbocycles. The van der Waals surface area contributed by atoms with Crippen molar-refractivity contribution in [2.45, 2.75) is 37.9 Å². The van der Waals surface area contributed by atoms with Gasteiger partial charge in [-0.2, -0.15) is 0 Å². The second-order valence-corrected chi connectivity index (χ2v) is 3.75. The first-order valence-electron chi connectivity index (χ1n) is 4.63. The standard InChI is InChI=1S/C9H15NO2/c1-7(4-11)10-8-2-3-9(10)6-12-5-8/h4,7-9H,2-3,5-6H2,1H3/t7-,8-,9+/m1/s1. The molecule has 2 fully saturated rings. The van der Waals surface area contributed by atoms with E-state index >= 15 is 0 Å². The smallest absolute Gasteiger partial charge is 0.136 e. The molecular weight excluding hydrogens is 154 g/mol. The Morgan fingerprint density at radius 1 is 1.42 bits per heavy atom. The Hall–Kier alpha value is -0.410. The van der Waals surface area contributed by atoms with E-state index in [1.54, 1.807) is 0 Å². The fourth-order valence-electron chi connectivity index (χ4n) is 2.40. The summed E-state index contributed by atoms with van der Waals surface area (Å²) in [4.78, 5) is 13.0. The molecule has 2 saturated heterocycles. The van der Waals surface area contributed by atoms with Crippen molar-refractivity contribution in [3.05, 3.63) is 0 Å². The minimum absolute atomic E-state index is 0.0754. The van der Waals surface area contributed by atoms with Crippen LogP contribution in [-0.4, -0.2) is 42.5 Å². The number of morpholine rings is 1. The maximum Gasteiger partial charge on any atom is 0.136 e. The molecule has 2 aliphatic rings. The molecule has 3 heteroatoms. The number of carbonyl (C=O) groups excluding carboxylic acids is 1. The first-order chi connectivity index (χ1) is 5.83. The molecular formula is C9H15NO2. The number of hydrogen-bond donors (Lipinski definition) is 0. The highest BCUT2D eigenvalue weighted by molar-refractivity contribution is 5.57. The molecule has 0 N–H and O–H groups in total. The minimum atomic E-state index is 0.0754. The summed E-state index contributed by atoms with van der Waals surface area (Å²) in [5, 5.41) is 0. The summed E-state index contributed by atoms with van der Waals surface area (Å²) in [6.07, 6.45) is 3.43. The van der Waals surface area contributed by atoms with E-state index in [1.165, 1.54) is 12.8 Å². The summed E-state index contributed by atoms with van der Waals surface area (Å²) in [5.74, 6) is 0. The Kier molecular flexibility index (Phi) is 2.15. The molecule has 68 valence electrons. The van der Waals surface area contributed by atoms with Gasteiger partial charge in [-0.25, -0.2) is 0 Å². The van der Waals surface area contributed by atoms with Gasteiger partial charge >= 0.3 is 0 Å². The first-order valence-corrected chi connectivity index (χ1v) is 4.63. The molecule has 0 amide bonds. The van der Waals surface area contributed by atoms with Gasteiger partial charge in [0, 0.05) is 12.1 Å². The quantitative estimate of drug-likeness (QED) is 0.562. The van der Waals surface area contributed by atoms with Crippen LogP contribution < -0.4 is 0 Å². The van der Waals surface area contributed by atoms with Crippen molar-refractivity contribution < 1.29 is 9.53 Å². The van der Waals surface area contributed by atoms with Gasteiger partial charge in [-0.3, -0.25) is 4.90 Å². The monoisotopic (exact) mass is 169 g/mol. The van der Waals surface area contributed by atoms with Gasteiger partial charge in [0.1, 0.15) is 6.29 Å². The lowest BCUT2D eigenvalue weighted by atomic mass is 10.2. The summed E-state index contributed by atoms with van der Waals surface area (Å²) < 4.78 is 5.42. The van der Waals surface area contributed by atoms with Crippen molar-refractivity contribution in [2.75, 3.05) is 13.2 Å². The number of ether oxygens (including phenoxy) is 1. The normalized spacial score (nSPS) is 38.1. The molecule has 0 aromatic rings. The van der Waals surface area contributed by atoms with Crippen molar-refractivity contribution >= 4 is 6.29 Å². The third-order valence-electron chi connectivity index (χ3n) is 2.96. The van der Waals surface area contributed by atoms with Crippen LogP contribution in [-0.2, 0) is 9.53 Å². The number of fused-ring (bicyclic) bond motifs is 2. The predicted octanol–water partition coefficient (Wildman–Crippen LogP) is 0.437. The van der Waals surface area contributed by atoms with Crippen molar-refractivity contribution in [3.63, 3.8) is 0 Å². The van der Waals surface area contributed by atoms with Crippen LogP contribution in [0.15, 0.2) is 0 Å². The Bertz CT molecular complexity index is 167.